The van der Waals surface area contributed by atoms with E-state index in [1.54, 1.807) is 6.92 Å². The lowest BCUT2D eigenvalue weighted by Gasteiger charge is -2.24. The Morgan fingerprint density at radius 1 is 1.08 bits per heavy atom. The molecule has 136 valence electrons. The predicted molar refractivity (Wildman–Crippen MR) is 103 cm³/mol. The number of nitrogens with one attached hydrogen (secondary N) is 1. The largest absolute Gasteiger partial charge is 0.377 e. The summed E-state index contributed by atoms with van der Waals surface area (Å²) in [5, 5.41) is 2.95. The first-order chi connectivity index (χ1) is 11.6. The van der Waals surface area contributed by atoms with Crippen LogP contribution in [0.15, 0.2) is 54.6 Å². The molecule has 1 amide bonds. The number of benzene rings is 2. The maximum absolute atomic E-state index is 12.5. The monoisotopic (exact) mass is 362 g/mol. The second kappa shape index (κ2) is 10.2. The molecule has 4 nitrogen and oxygen atoms in total. The molecule has 2 aromatic carbocycles. The molecule has 25 heavy (non-hydrogen) atoms. The number of ether oxygens (including phenoxy) is 1. The molecule has 1 atom stereocenters. The molecule has 2 rings (SSSR count). The zero-order chi connectivity index (χ0) is 17.4. The molecule has 0 fully saturated rings. The number of rotatable bonds is 8. The van der Waals surface area contributed by atoms with Gasteiger partial charge in [-0.25, -0.2) is 0 Å². The van der Waals surface area contributed by atoms with Crippen LogP contribution in [0.25, 0.3) is 0 Å². The van der Waals surface area contributed by atoms with Crippen LogP contribution in [0, 0.1) is 0 Å². The molecular weight excluding hydrogens is 336 g/mol. The number of carbonyl (C=O) groups excluding carboxylic acids is 1. The SMILES string of the molecule is CCCOCc1ccccc1CNC(=O)C(C)(N)c1ccccc1.Cl. The van der Waals surface area contributed by atoms with E-state index in [1.165, 1.54) is 0 Å². The van der Waals surface area contributed by atoms with Crippen LogP contribution < -0.4 is 11.1 Å². The molecule has 0 heterocycles. The summed E-state index contributed by atoms with van der Waals surface area (Å²) in [7, 11) is 0. The van der Waals surface area contributed by atoms with Crippen LogP contribution in [0.4, 0.5) is 0 Å². The van der Waals surface area contributed by atoms with Gasteiger partial charge in [0.25, 0.3) is 0 Å². The molecule has 0 spiro atoms. The van der Waals surface area contributed by atoms with Crippen LogP contribution in [0.1, 0.15) is 37.0 Å². The third-order valence-electron chi connectivity index (χ3n) is 4.01. The van der Waals surface area contributed by atoms with Crippen molar-refractivity contribution in [2.75, 3.05) is 6.61 Å². The van der Waals surface area contributed by atoms with Gasteiger partial charge in [0.1, 0.15) is 5.54 Å². The van der Waals surface area contributed by atoms with E-state index in [9.17, 15) is 4.79 Å². The maximum atomic E-state index is 12.5. The van der Waals surface area contributed by atoms with Crippen molar-refractivity contribution >= 4 is 18.3 Å². The molecule has 5 heteroatoms. The van der Waals surface area contributed by atoms with Crippen molar-refractivity contribution in [2.24, 2.45) is 5.73 Å². The van der Waals surface area contributed by atoms with Gasteiger partial charge in [-0.05, 0) is 30.0 Å². The van der Waals surface area contributed by atoms with Crippen LogP contribution in [-0.2, 0) is 28.2 Å². The number of nitrogens with two attached hydrogens (primary N) is 1. The third kappa shape index (κ3) is 5.85. The first kappa shape index (κ1) is 21.2. The van der Waals surface area contributed by atoms with Crippen LogP contribution >= 0.6 is 12.4 Å². The van der Waals surface area contributed by atoms with Crippen molar-refractivity contribution in [1.29, 1.82) is 0 Å². The van der Waals surface area contributed by atoms with Crippen molar-refractivity contribution in [2.45, 2.75) is 39.0 Å². The maximum Gasteiger partial charge on any atom is 0.244 e. The molecule has 0 radical (unpaired) electrons. The second-order valence-corrected chi connectivity index (χ2v) is 6.07. The minimum atomic E-state index is -1.06. The number of carbonyl (C=O) groups is 1. The van der Waals surface area contributed by atoms with Gasteiger partial charge in [0.2, 0.25) is 5.91 Å². The zero-order valence-electron chi connectivity index (χ0n) is 14.8. The van der Waals surface area contributed by atoms with E-state index in [-0.39, 0.29) is 18.3 Å². The number of hydrogen-bond acceptors (Lipinski definition) is 3. The fraction of sp³-hybridized carbons (Fsp3) is 0.350. The Bertz CT molecular complexity index is 660. The summed E-state index contributed by atoms with van der Waals surface area (Å²) in [6.07, 6.45) is 0.988. The van der Waals surface area contributed by atoms with Gasteiger partial charge < -0.3 is 15.8 Å². The quantitative estimate of drug-likeness (QED) is 0.706. The molecule has 0 aromatic heterocycles. The highest BCUT2D eigenvalue weighted by Crippen LogP contribution is 2.18. The molecule has 2 aromatic rings. The Labute approximate surface area is 156 Å². The second-order valence-electron chi connectivity index (χ2n) is 6.07. The summed E-state index contributed by atoms with van der Waals surface area (Å²) in [6.45, 7) is 5.53. The fourth-order valence-electron chi connectivity index (χ4n) is 2.47. The zero-order valence-corrected chi connectivity index (χ0v) is 15.6. The summed E-state index contributed by atoms with van der Waals surface area (Å²) in [6, 6.07) is 17.4. The Balaban J connectivity index is 0.00000312. The molecule has 1 unspecified atom stereocenters. The third-order valence-corrected chi connectivity index (χ3v) is 4.01. The average molecular weight is 363 g/mol. The van der Waals surface area contributed by atoms with Gasteiger partial charge >= 0.3 is 0 Å². The van der Waals surface area contributed by atoms with E-state index in [0.29, 0.717) is 13.2 Å². The summed E-state index contributed by atoms with van der Waals surface area (Å²) in [4.78, 5) is 12.5. The van der Waals surface area contributed by atoms with E-state index in [4.69, 9.17) is 10.5 Å². The summed E-state index contributed by atoms with van der Waals surface area (Å²) in [5.41, 5.74) is 8.11. The van der Waals surface area contributed by atoms with Crippen LogP contribution in [-0.4, -0.2) is 12.5 Å². The van der Waals surface area contributed by atoms with Crippen molar-refractivity contribution < 1.29 is 9.53 Å². The average Bonchev–Trinajstić information content (AvgIpc) is 2.61. The summed E-state index contributed by atoms with van der Waals surface area (Å²) < 4.78 is 5.62. The van der Waals surface area contributed by atoms with Crippen LogP contribution in [0.2, 0.25) is 0 Å². The highest BCUT2D eigenvalue weighted by Gasteiger charge is 2.30. The van der Waals surface area contributed by atoms with Gasteiger partial charge in [0.05, 0.1) is 6.61 Å². The molecule has 0 saturated carbocycles. The normalized spacial score (nSPS) is 12.8. The van der Waals surface area contributed by atoms with Crippen LogP contribution in [0.5, 0.6) is 0 Å². The Kier molecular flexibility index (Phi) is 8.62. The smallest absolute Gasteiger partial charge is 0.244 e. The van der Waals surface area contributed by atoms with Gasteiger partial charge in [-0.15, -0.1) is 12.4 Å². The van der Waals surface area contributed by atoms with Gasteiger partial charge in [-0.3, -0.25) is 4.79 Å². The topological polar surface area (TPSA) is 64.3 Å². The van der Waals surface area contributed by atoms with E-state index < -0.39 is 5.54 Å². The lowest BCUT2D eigenvalue weighted by atomic mass is 9.92. The minimum absolute atomic E-state index is 0. The molecule has 0 aliphatic heterocycles. The fourth-order valence-corrected chi connectivity index (χ4v) is 2.47. The van der Waals surface area contributed by atoms with E-state index in [0.717, 1.165) is 29.7 Å². The Morgan fingerprint density at radius 2 is 1.68 bits per heavy atom. The van der Waals surface area contributed by atoms with Gasteiger partial charge in [0.15, 0.2) is 0 Å². The number of halogens is 1. The predicted octanol–water partition coefficient (Wildman–Crippen LogP) is 3.53. The molecule has 0 aliphatic rings. The molecule has 0 aliphatic carbocycles. The highest BCUT2D eigenvalue weighted by atomic mass is 35.5. The Hall–Kier alpha value is -1.88. The van der Waals surface area contributed by atoms with E-state index in [1.807, 2.05) is 54.6 Å². The highest BCUT2D eigenvalue weighted by molar-refractivity contribution is 5.87. The summed E-state index contributed by atoms with van der Waals surface area (Å²) >= 11 is 0. The van der Waals surface area contributed by atoms with Gasteiger partial charge in [0, 0.05) is 13.2 Å². The van der Waals surface area contributed by atoms with E-state index in [2.05, 4.69) is 12.2 Å². The van der Waals surface area contributed by atoms with E-state index >= 15 is 0 Å². The molecule has 0 saturated heterocycles. The lowest BCUT2D eigenvalue weighted by molar-refractivity contribution is -0.126. The van der Waals surface area contributed by atoms with Crippen molar-refractivity contribution in [3.63, 3.8) is 0 Å². The first-order valence-corrected chi connectivity index (χ1v) is 8.33. The number of hydrogen-bond donors (Lipinski definition) is 2. The standard InChI is InChI=1S/C20H26N2O2.ClH/c1-3-13-24-15-17-10-8-7-9-16(17)14-22-19(23)20(2,21)18-11-5-4-6-12-18;/h4-12H,3,13-15,21H2,1-2H3,(H,22,23);1H. The summed E-state index contributed by atoms with van der Waals surface area (Å²) in [5.74, 6) is -0.196. The van der Waals surface area contributed by atoms with Gasteiger partial charge in [-0.2, -0.15) is 0 Å². The lowest BCUT2D eigenvalue weighted by Crippen LogP contribution is -2.48. The molecule has 3 N–H and O–H groups in total. The minimum Gasteiger partial charge on any atom is -0.377 e. The van der Waals surface area contributed by atoms with Gasteiger partial charge in [-0.1, -0.05) is 61.5 Å². The number of amides is 1. The molecular formula is C20H27ClN2O2. The van der Waals surface area contributed by atoms with Crippen LogP contribution in [0.3, 0.4) is 0 Å². The Morgan fingerprint density at radius 3 is 2.32 bits per heavy atom. The van der Waals surface area contributed by atoms with Crippen molar-refractivity contribution in [3.8, 4) is 0 Å². The van der Waals surface area contributed by atoms with Crippen molar-refractivity contribution in [3.05, 3.63) is 71.3 Å². The van der Waals surface area contributed by atoms with Crippen molar-refractivity contribution in [1.82, 2.24) is 5.32 Å². The first-order valence-electron chi connectivity index (χ1n) is 8.33. The molecule has 0 bridgehead atoms.